The van der Waals surface area contributed by atoms with Crippen molar-refractivity contribution in [3.8, 4) is 5.75 Å². The molecular weight excluding hydrogens is 344 g/mol. The molecular formula is C18H17ClN2O4. The maximum atomic E-state index is 12.9. The number of nitro groups is 1. The fraction of sp³-hybridized carbons (Fsp3) is 0.278. The standard InChI is InChI=1S/C18H17ClN2O4/c1-25-14-7-4-12(5-8-14)16-3-2-10-20(16)18(22)15-9-6-13(19)11-17(15)21(23)24/h4-9,11,16H,2-3,10H2,1H3. The molecule has 1 aliphatic rings. The molecule has 1 unspecified atom stereocenters. The van der Waals surface area contributed by atoms with Crippen molar-refractivity contribution in [1.29, 1.82) is 0 Å². The third-order valence-corrected chi connectivity index (χ3v) is 4.64. The molecule has 0 saturated carbocycles. The van der Waals surface area contributed by atoms with Gasteiger partial charge < -0.3 is 9.64 Å². The molecule has 0 radical (unpaired) electrons. The van der Waals surface area contributed by atoms with Gasteiger partial charge >= 0.3 is 0 Å². The normalized spacial score (nSPS) is 16.7. The summed E-state index contributed by atoms with van der Waals surface area (Å²) in [5.74, 6) is 0.398. The fourth-order valence-corrected chi connectivity index (χ4v) is 3.34. The van der Waals surface area contributed by atoms with Crippen molar-refractivity contribution in [2.24, 2.45) is 0 Å². The van der Waals surface area contributed by atoms with Crippen molar-refractivity contribution in [3.63, 3.8) is 0 Å². The summed E-state index contributed by atoms with van der Waals surface area (Å²) < 4.78 is 5.16. The topological polar surface area (TPSA) is 72.7 Å². The van der Waals surface area contributed by atoms with Gasteiger partial charge in [-0.1, -0.05) is 23.7 Å². The number of nitrogens with zero attached hydrogens (tertiary/aromatic N) is 2. The van der Waals surface area contributed by atoms with Crippen LogP contribution in [0.1, 0.15) is 34.8 Å². The first-order valence-corrected chi connectivity index (χ1v) is 8.28. The molecule has 130 valence electrons. The molecule has 1 atom stereocenters. The van der Waals surface area contributed by atoms with E-state index in [0.29, 0.717) is 6.54 Å². The molecule has 1 aliphatic heterocycles. The molecule has 0 aliphatic carbocycles. The van der Waals surface area contributed by atoms with Gasteiger partial charge in [0, 0.05) is 17.6 Å². The molecule has 1 fully saturated rings. The van der Waals surface area contributed by atoms with Crippen LogP contribution in [0.25, 0.3) is 0 Å². The summed E-state index contributed by atoms with van der Waals surface area (Å²) in [6.07, 6.45) is 1.67. The van der Waals surface area contributed by atoms with E-state index in [0.717, 1.165) is 24.2 Å². The Labute approximate surface area is 150 Å². The molecule has 7 heteroatoms. The van der Waals surface area contributed by atoms with Gasteiger partial charge in [0.1, 0.15) is 11.3 Å². The van der Waals surface area contributed by atoms with Crippen LogP contribution in [0.15, 0.2) is 42.5 Å². The van der Waals surface area contributed by atoms with Gasteiger partial charge in [-0.15, -0.1) is 0 Å². The number of likely N-dealkylation sites (tertiary alicyclic amines) is 1. The summed E-state index contributed by atoms with van der Waals surface area (Å²) in [5, 5.41) is 11.5. The lowest BCUT2D eigenvalue weighted by Gasteiger charge is -2.25. The largest absolute Gasteiger partial charge is 0.497 e. The smallest absolute Gasteiger partial charge is 0.283 e. The highest BCUT2D eigenvalue weighted by Gasteiger charge is 2.33. The number of ether oxygens (including phenoxy) is 1. The van der Waals surface area contributed by atoms with Crippen molar-refractivity contribution in [2.75, 3.05) is 13.7 Å². The Balaban J connectivity index is 1.92. The van der Waals surface area contributed by atoms with Gasteiger partial charge in [-0.3, -0.25) is 14.9 Å². The number of hydrogen-bond donors (Lipinski definition) is 0. The minimum Gasteiger partial charge on any atom is -0.497 e. The summed E-state index contributed by atoms with van der Waals surface area (Å²) in [6, 6.07) is 11.6. The monoisotopic (exact) mass is 360 g/mol. The third-order valence-electron chi connectivity index (χ3n) is 4.40. The van der Waals surface area contributed by atoms with Crippen LogP contribution in [0.5, 0.6) is 5.75 Å². The maximum absolute atomic E-state index is 12.9. The van der Waals surface area contributed by atoms with Gasteiger partial charge in [0.25, 0.3) is 11.6 Å². The van der Waals surface area contributed by atoms with Gasteiger partial charge in [0.15, 0.2) is 0 Å². The Morgan fingerprint density at radius 3 is 2.64 bits per heavy atom. The molecule has 1 amide bonds. The van der Waals surface area contributed by atoms with Crippen LogP contribution >= 0.6 is 11.6 Å². The van der Waals surface area contributed by atoms with Crippen LogP contribution in [0.3, 0.4) is 0 Å². The van der Waals surface area contributed by atoms with E-state index in [9.17, 15) is 14.9 Å². The van der Waals surface area contributed by atoms with Crippen LogP contribution in [0, 0.1) is 10.1 Å². The highest BCUT2D eigenvalue weighted by Crippen LogP contribution is 2.35. The van der Waals surface area contributed by atoms with Gasteiger partial charge in [0.05, 0.1) is 18.1 Å². The molecule has 1 heterocycles. The second-order valence-electron chi connectivity index (χ2n) is 5.85. The Morgan fingerprint density at radius 1 is 1.28 bits per heavy atom. The highest BCUT2D eigenvalue weighted by molar-refractivity contribution is 6.31. The van der Waals surface area contributed by atoms with E-state index >= 15 is 0 Å². The Kier molecular flexibility index (Phi) is 4.90. The number of nitro benzene ring substituents is 1. The lowest BCUT2D eigenvalue weighted by atomic mass is 10.0. The fourth-order valence-electron chi connectivity index (χ4n) is 3.17. The second kappa shape index (κ2) is 7.11. The van der Waals surface area contributed by atoms with Crippen molar-refractivity contribution >= 4 is 23.2 Å². The summed E-state index contributed by atoms with van der Waals surface area (Å²) in [7, 11) is 1.60. The molecule has 0 aromatic heterocycles. The van der Waals surface area contributed by atoms with Crippen LogP contribution < -0.4 is 4.74 Å². The predicted octanol–water partition coefficient (Wildman–Crippen LogP) is 4.23. The minimum atomic E-state index is -0.572. The predicted molar refractivity (Wildman–Crippen MR) is 94.1 cm³/mol. The highest BCUT2D eigenvalue weighted by atomic mass is 35.5. The lowest BCUT2D eigenvalue weighted by Crippen LogP contribution is -2.31. The first-order valence-electron chi connectivity index (χ1n) is 7.90. The summed E-state index contributed by atoms with van der Waals surface area (Å²) in [4.78, 5) is 25.3. The Hall–Kier alpha value is -2.60. The van der Waals surface area contributed by atoms with Crippen molar-refractivity contribution in [2.45, 2.75) is 18.9 Å². The number of carbonyl (C=O) groups excluding carboxylic acids is 1. The second-order valence-corrected chi connectivity index (χ2v) is 6.28. The molecule has 3 rings (SSSR count). The third kappa shape index (κ3) is 3.44. The van der Waals surface area contributed by atoms with Gasteiger partial charge in [-0.25, -0.2) is 0 Å². The molecule has 6 nitrogen and oxygen atoms in total. The number of benzene rings is 2. The summed E-state index contributed by atoms with van der Waals surface area (Å²) >= 11 is 5.84. The first-order chi connectivity index (χ1) is 12.0. The lowest BCUT2D eigenvalue weighted by molar-refractivity contribution is -0.385. The van der Waals surface area contributed by atoms with E-state index in [4.69, 9.17) is 16.3 Å². The average molecular weight is 361 g/mol. The van der Waals surface area contributed by atoms with Crippen molar-refractivity contribution < 1.29 is 14.5 Å². The van der Waals surface area contributed by atoms with E-state index in [-0.39, 0.29) is 28.2 Å². The van der Waals surface area contributed by atoms with E-state index in [2.05, 4.69) is 0 Å². The van der Waals surface area contributed by atoms with Crippen molar-refractivity contribution in [1.82, 2.24) is 4.90 Å². The van der Waals surface area contributed by atoms with Crippen LogP contribution in [-0.2, 0) is 0 Å². The van der Waals surface area contributed by atoms with E-state index in [1.54, 1.807) is 12.0 Å². The van der Waals surface area contributed by atoms with E-state index in [1.807, 2.05) is 24.3 Å². The molecule has 0 spiro atoms. The van der Waals surface area contributed by atoms with Gasteiger partial charge in [-0.05, 0) is 42.7 Å². The van der Waals surface area contributed by atoms with Gasteiger partial charge in [-0.2, -0.15) is 0 Å². The van der Waals surface area contributed by atoms with Gasteiger partial charge in [0.2, 0.25) is 0 Å². The zero-order chi connectivity index (χ0) is 18.0. The molecule has 2 aromatic rings. The molecule has 1 saturated heterocycles. The average Bonchev–Trinajstić information content (AvgIpc) is 3.10. The SMILES string of the molecule is COc1ccc(C2CCCN2C(=O)c2ccc(Cl)cc2[N+](=O)[O-])cc1. The zero-order valence-electron chi connectivity index (χ0n) is 13.6. The number of rotatable bonds is 4. The number of methoxy groups -OCH3 is 1. The number of amides is 1. The van der Waals surface area contributed by atoms with E-state index in [1.165, 1.54) is 18.2 Å². The van der Waals surface area contributed by atoms with Crippen LogP contribution in [0.2, 0.25) is 5.02 Å². The number of carbonyl (C=O) groups is 1. The zero-order valence-corrected chi connectivity index (χ0v) is 14.4. The first kappa shape index (κ1) is 17.2. The quantitative estimate of drug-likeness (QED) is 0.604. The number of hydrogen-bond acceptors (Lipinski definition) is 4. The van der Waals surface area contributed by atoms with Crippen LogP contribution in [0.4, 0.5) is 5.69 Å². The summed E-state index contributed by atoms with van der Waals surface area (Å²) in [5.41, 5.74) is 0.788. The van der Waals surface area contributed by atoms with E-state index < -0.39 is 4.92 Å². The molecule has 25 heavy (non-hydrogen) atoms. The Bertz CT molecular complexity index is 807. The molecule has 0 bridgehead atoms. The number of halogens is 1. The maximum Gasteiger partial charge on any atom is 0.283 e. The summed E-state index contributed by atoms with van der Waals surface area (Å²) in [6.45, 7) is 0.565. The Morgan fingerprint density at radius 2 is 2.00 bits per heavy atom. The minimum absolute atomic E-state index is 0.0646. The van der Waals surface area contributed by atoms with Crippen molar-refractivity contribution in [3.05, 3.63) is 68.7 Å². The molecule has 2 aromatic carbocycles. The molecule has 0 N–H and O–H groups in total. The van der Waals surface area contributed by atoms with Crippen LogP contribution in [-0.4, -0.2) is 29.4 Å².